The first kappa shape index (κ1) is 18.6. The van der Waals surface area contributed by atoms with Crippen molar-refractivity contribution in [2.75, 3.05) is 16.3 Å². The van der Waals surface area contributed by atoms with E-state index in [9.17, 15) is 17.6 Å². The van der Waals surface area contributed by atoms with Crippen LogP contribution in [0.15, 0.2) is 18.2 Å². The predicted octanol–water partition coefficient (Wildman–Crippen LogP) is 1.29. The van der Waals surface area contributed by atoms with Crippen LogP contribution in [0.1, 0.15) is 13.3 Å². The maximum atomic E-state index is 13.4. The van der Waals surface area contributed by atoms with E-state index in [-0.39, 0.29) is 36.5 Å². The van der Waals surface area contributed by atoms with Gasteiger partial charge in [-0.25, -0.2) is 12.8 Å². The second-order valence-corrected chi connectivity index (χ2v) is 6.05. The van der Waals surface area contributed by atoms with E-state index in [2.05, 4.69) is 5.32 Å². The second kappa shape index (κ2) is 7.41. The normalized spacial score (nSPS) is 12.2. The van der Waals surface area contributed by atoms with Crippen molar-refractivity contribution in [2.45, 2.75) is 19.4 Å². The Hall–Kier alpha value is -1.38. The molecule has 114 valence electrons. The molecular formula is C11H17ClFN3O3S. The number of nitrogens with one attached hydrogen (secondary N) is 2. The van der Waals surface area contributed by atoms with Crippen molar-refractivity contribution < 1.29 is 17.6 Å². The average Bonchev–Trinajstić information content (AvgIpc) is 2.19. The molecule has 1 unspecified atom stereocenters. The summed E-state index contributed by atoms with van der Waals surface area (Å²) in [7, 11) is -3.59. The Bertz CT molecular complexity index is 578. The zero-order valence-corrected chi connectivity index (χ0v) is 12.6. The number of hydrogen-bond acceptors (Lipinski definition) is 4. The Balaban J connectivity index is 0.00000361. The summed E-state index contributed by atoms with van der Waals surface area (Å²) in [6, 6.07) is 3.31. The van der Waals surface area contributed by atoms with Crippen LogP contribution >= 0.6 is 12.4 Å². The molecule has 1 rings (SSSR count). The van der Waals surface area contributed by atoms with E-state index in [4.69, 9.17) is 5.73 Å². The number of carbonyl (C=O) groups is 1. The molecule has 1 aromatic carbocycles. The standard InChI is InChI=1S/C11H16FN3O3S.ClH/c1-7(13)5-11(16)14-8-3-4-9(12)10(6-8)15-19(2,17)18;/h3-4,6-7,15H,5,13H2,1-2H3,(H,14,16);1H. The molecule has 4 N–H and O–H groups in total. The topological polar surface area (TPSA) is 101 Å². The number of carbonyl (C=O) groups excluding carboxylic acids is 1. The van der Waals surface area contributed by atoms with Crippen LogP contribution < -0.4 is 15.8 Å². The van der Waals surface area contributed by atoms with E-state index < -0.39 is 15.8 Å². The van der Waals surface area contributed by atoms with Gasteiger partial charge in [0.05, 0.1) is 11.9 Å². The molecule has 0 aromatic heterocycles. The highest BCUT2D eigenvalue weighted by Gasteiger charge is 2.10. The second-order valence-electron chi connectivity index (χ2n) is 4.30. The molecular weight excluding hydrogens is 309 g/mol. The van der Waals surface area contributed by atoms with E-state index in [1.807, 2.05) is 4.72 Å². The minimum atomic E-state index is -3.59. The van der Waals surface area contributed by atoms with Crippen molar-refractivity contribution in [3.8, 4) is 0 Å². The molecule has 0 aliphatic heterocycles. The molecule has 1 amide bonds. The molecule has 0 aliphatic carbocycles. The molecule has 1 aromatic rings. The van der Waals surface area contributed by atoms with Crippen LogP contribution in [-0.2, 0) is 14.8 Å². The molecule has 0 saturated heterocycles. The van der Waals surface area contributed by atoms with Gasteiger partial charge in [-0.3, -0.25) is 9.52 Å². The maximum absolute atomic E-state index is 13.4. The summed E-state index contributed by atoms with van der Waals surface area (Å²) in [5.41, 5.74) is 5.54. The number of sulfonamides is 1. The number of benzene rings is 1. The molecule has 0 aliphatic rings. The van der Waals surface area contributed by atoms with Crippen LogP contribution in [0, 0.1) is 5.82 Å². The van der Waals surface area contributed by atoms with Gasteiger partial charge in [0.2, 0.25) is 15.9 Å². The monoisotopic (exact) mass is 325 g/mol. The van der Waals surface area contributed by atoms with Crippen molar-refractivity contribution in [1.29, 1.82) is 0 Å². The third-order valence-corrected chi connectivity index (χ3v) is 2.64. The van der Waals surface area contributed by atoms with E-state index in [1.165, 1.54) is 12.1 Å². The lowest BCUT2D eigenvalue weighted by Crippen LogP contribution is -2.24. The lowest BCUT2D eigenvalue weighted by atomic mass is 10.2. The molecule has 9 heteroatoms. The van der Waals surface area contributed by atoms with Crippen LogP contribution in [0.3, 0.4) is 0 Å². The minimum Gasteiger partial charge on any atom is -0.327 e. The van der Waals surface area contributed by atoms with Crippen molar-refractivity contribution in [3.05, 3.63) is 24.0 Å². The highest BCUT2D eigenvalue weighted by atomic mass is 35.5. The van der Waals surface area contributed by atoms with E-state index >= 15 is 0 Å². The first-order chi connectivity index (χ1) is 8.67. The largest absolute Gasteiger partial charge is 0.327 e. The first-order valence-electron chi connectivity index (χ1n) is 5.50. The molecule has 1 atom stereocenters. The molecule has 0 saturated carbocycles. The van der Waals surface area contributed by atoms with Gasteiger partial charge in [0.25, 0.3) is 0 Å². The number of rotatable bonds is 5. The summed E-state index contributed by atoms with van der Waals surface area (Å²) in [6.07, 6.45) is 1.03. The number of nitrogens with two attached hydrogens (primary N) is 1. The van der Waals surface area contributed by atoms with Crippen LogP contribution in [0.2, 0.25) is 0 Å². The van der Waals surface area contributed by atoms with Crippen molar-refractivity contribution in [1.82, 2.24) is 0 Å². The fourth-order valence-corrected chi connectivity index (χ4v) is 1.94. The Morgan fingerprint density at radius 3 is 2.55 bits per heavy atom. The number of amides is 1. The van der Waals surface area contributed by atoms with Crippen molar-refractivity contribution in [2.24, 2.45) is 5.73 Å². The van der Waals surface area contributed by atoms with Gasteiger partial charge in [0.15, 0.2) is 0 Å². The molecule has 0 spiro atoms. The Labute approximate surface area is 123 Å². The number of hydrogen-bond donors (Lipinski definition) is 3. The molecule has 6 nitrogen and oxygen atoms in total. The molecule has 20 heavy (non-hydrogen) atoms. The average molecular weight is 326 g/mol. The summed E-state index contributed by atoms with van der Waals surface area (Å²) < 4.78 is 37.5. The molecule has 0 fully saturated rings. The van der Waals surface area contributed by atoms with E-state index in [0.717, 1.165) is 12.3 Å². The SMILES string of the molecule is CC(N)CC(=O)Nc1ccc(F)c(NS(C)(=O)=O)c1.Cl. The Morgan fingerprint density at radius 1 is 1.45 bits per heavy atom. The highest BCUT2D eigenvalue weighted by Crippen LogP contribution is 2.20. The third kappa shape index (κ3) is 6.69. The summed E-state index contributed by atoms with van der Waals surface area (Å²) in [5.74, 6) is -1.05. The van der Waals surface area contributed by atoms with Gasteiger partial charge >= 0.3 is 0 Å². The smallest absolute Gasteiger partial charge is 0.229 e. The van der Waals surface area contributed by atoms with Crippen molar-refractivity contribution in [3.63, 3.8) is 0 Å². The third-order valence-electron chi connectivity index (χ3n) is 2.05. The Morgan fingerprint density at radius 2 is 2.05 bits per heavy atom. The zero-order valence-electron chi connectivity index (χ0n) is 11.0. The summed E-state index contributed by atoms with van der Waals surface area (Å²) >= 11 is 0. The van der Waals surface area contributed by atoms with Crippen LogP contribution in [0.5, 0.6) is 0 Å². The lowest BCUT2D eigenvalue weighted by molar-refractivity contribution is -0.116. The maximum Gasteiger partial charge on any atom is 0.229 e. The zero-order chi connectivity index (χ0) is 14.6. The van der Waals surface area contributed by atoms with Gasteiger partial charge in [-0.15, -0.1) is 12.4 Å². The predicted molar refractivity (Wildman–Crippen MR) is 79.0 cm³/mol. The minimum absolute atomic E-state index is 0. The summed E-state index contributed by atoms with van der Waals surface area (Å²) in [5, 5.41) is 2.51. The van der Waals surface area contributed by atoms with Crippen LogP contribution in [0.4, 0.5) is 15.8 Å². The number of halogens is 2. The Kier molecular flexibility index (Phi) is 6.90. The summed E-state index contributed by atoms with van der Waals surface area (Å²) in [6.45, 7) is 1.68. The number of anilines is 2. The highest BCUT2D eigenvalue weighted by molar-refractivity contribution is 7.92. The van der Waals surface area contributed by atoms with E-state index in [1.54, 1.807) is 6.92 Å². The summed E-state index contributed by atoms with van der Waals surface area (Å²) in [4.78, 5) is 11.5. The lowest BCUT2D eigenvalue weighted by Gasteiger charge is -2.10. The van der Waals surface area contributed by atoms with Gasteiger partial charge in [0, 0.05) is 18.2 Å². The van der Waals surface area contributed by atoms with Gasteiger partial charge in [-0.1, -0.05) is 0 Å². The van der Waals surface area contributed by atoms with Crippen LogP contribution in [0.25, 0.3) is 0 Å². The molecule has 0 radical (unpaired) electrons. The van der Waals surface area contributed by atoms with Gasteiger partial charge in [-0.2, -0.15) is 0 Å². The van der Waals surface area contributed by atoms with E-state index in [0.29, 0.717) is 5.69 Å². The van der Waals surface area contributed by atoms with Gasteiger partial charge in [0.1, 0.15) is 5.82 Å². The van der Waals surface area contributed by atoms with Gasteiger partial charge in [-0.05, 0) is 25.1 Å². The fourth-order valence-electron chi connectivity index (χ4n) is 1.39. The molecule has 0 heterocycles. The fraction of sp³-hybridized carbons (Fsp3) is 0.364. The quantitative estimate of drug-likeness (QED) is 0.759. The van der Waals surface area contributed by atoms with Crippen LogP contribution in [-0.4, -0.2) is 26.6 Å². The molecule has 0 bridgehead atoms. The first-order valence-corrected chi connectivity index (χ1v) is 7.39. The van der Waals surface area contributed by atoms with Crippen molar-refractivity contribution >= 4 is 39.7 Å². The van der Waals surface area contributed by atoms with Gasteiger partial charge < -0.3 is 11.1 Å².